The van der Waals surface area contributed by atoms with Crippen LogP contribution < -0.4 is 16.4 Å². The highest BCUT2D eigenvalue weighted by molar-refractivity contribution is 5.95. The minimum Gasteiger partial charge on any atom is -0.379 e. The number of nitrogens with two attached hydrogens (primary N) is 1. The SMILES string of the molecule is CC(C)C[C@H](N)C(=O)Nc1ccc(NC(=O)CN2CCOCC2)cc1.Cl.Cl. The highest BCUT2D eigenvalue weighted by Gasteiger charge is 2.16. The number of halogens is 2. The minimum absolute atomic E-state index is 0. The van der Waals surface area contributed by atoms with E-state index < -0.39 is 6.04 Å². The number of carbonyl (C=O) groups excluding carboxylic acids is 2. The van der Waals surface area contributed by atoms with E-state index in [1.54, 1.807) is 24.3 Å². The van der Waals surface area contributed by atoms with Crippen molar-refractivity contribution < 1.29 is 14.3 Å². The topological polar surface area (TPSA) is 96.7 Å². The molecule has 154 valence electrons. The number of morpholine rings is 1. The molecule has 1 aromatic rings. The number of benzene rings is 1. The van der Waals surface area contributed by atoms with Gasteiger partial charge >= 0.3 is 0 Å². The molecular formula is C18H30Cl2N4O3. The molecule has 0 unspecified atom stereocenters. The van der Waals surface area contributed by atoms with Crippen LogP contribution in [0.3, 0.4) is 0 Å². The van der Waals surface area contributed by atoms with Crippen molar-refractivity contribution in [1.82, 2.24) is 4.90 Å². The van der Waals surface area contributed by atoms with Gasteiger partial charge in [0.1, 0.15) is 0 Å². The molecule has 0 aliphatic carbocycles. The number of carbonyl (C=O) groups is 2. The summed E-state index contributed by atoms with van der Waals surface area (Å²) in [7, 11) is 0. The Kier molecular flexibility index (Phi) is 12.2. The van der Waals surface area contributed by atoms with Gasteiger partial charge in [-0.25, -0.2) is 0 Å². The van der Waals surface area contributed by atoms with Crippen molar-refractivity contribution in [1.29, 1.82) is 0 Å². The molecule has 9 heteroatoms. The molecule has 1 aromatic carbocycles. The van der Waals surface area contributed by atoms with E-state index in [9.17, 15) is 9.59 Å². The summed E-state index contributed by atoms with van der Waals surface area (Å²) in [5.74, 6) is 0.111. The first-order chi connectivity index (χ1) is 11.9. The average Bonchev–Trinajstić information content (AvgIpc) is 2.57. The maximum atomic E-state index is 12.1. The lowest BCUT2D eigenvalue weighted by Crippen LogP contribution is -2.41. The number of nitrogens with one attached hydrogen (secondary N) is 2. The molecule has 1 aliphatic heterocycles. The van der Waals surface area contributed by atoms with Crippen LogP contribution in [-0.4, -0.2) is 55.6 Å². The molecule has 27 heavy (non-hydrogen) atoms. The summed E-state index contributed by atoms with van der Waals surface area (Å²) in [6.45, 7) is 7.29. The molecule has 4 N–H and O–H groups in total. The van der Waals surface area contributed by atoms with Gasteiger partial charge in [-0.2, -0.15) is 0 Å². The second-order valence-electron chi connectivity index (χ2n) is 6.74. The lowest BCUT2D eigenvalue weighted by Gasteiger charge is -2.25. The zero-order chi connectivity index (χ0) is 18.2. The standard InChI is InChI=1S/C18H28N4O3.2ClH/c1-13(2)11-16(19)18(24)21-15-5-3-14(4-6-15)20-17(23)12-22-7-9-25-10-8-22;;/h3-6,13,16H,7-12,19H2,1-2H3,(H,20,23)(H,21,24);2*1H/t16-;;/m0../s1. The first-order valence-corrected chi connectivity index (χ1v) is 8.70. The quantitative estimate of drug-likeness (QED) is 0.627. The van der Waals surface area contributed by atoms with Crippen LogP contribution >= 0.6 is 24.8 Å². The van der Waals surface area contributed by atoms with Gasteiger partial charge < -0.3 is 21.1 Å². The number of hydrogen-bond donors (Lipinski definition) is 3. The average molecular weight is 421 g/mol. The fraction of sp³-hybridized carbons (Fsp3) is 0.556. The molecule has 0 spiro atoms. The fourth-order valence-electron chi connectivity index (χ4n) is 2.65. The largest absolute Gasteiger partial charge is 0.379 e. The summed E-state index contributed by atoms with van der Waals surface area (Å²) in [4.78, 5) is 26.1. The van der Waals surface area contributed by atoms with Crippen LogP contribution in [-0.2, 0) is 14.3 Å². The molecule has 2 rings (SSSR count). The molecule has 0 bridgehead atoms. The van der Waals surface area contributed by atoms with E-state index in [-0.39, 0.29) is 36.6 Å². The van der Waals surface area contributed by atoms with Crippen LogP contribution in [0.4, 0.5) is 11.4 Å². The van der Waals surface area contributed by atoms with E-state index in [1.165, 1.54) is 0 Å². The Morgan fingerprint density at radius 1 is 1.07 bits per heavy atom. The summed E-state index contributed by atoms with van der Waals surface area (Å²) in [5.41, 5.74) is 7.23. The molecule has 0 radical (unpaired) electrons. The third-order valence-corrected chi connectivity index (χ3v) is 3.97. The molecule has 1 heterocycles. The zero-order valence-electron chi connectivity index (χ0n) is 15.8. The van der Waals surface area contributed by atoms with E-state index in [1.807, 2.05) is 13.8 Å². The van der Waals surface area contributed by atoms with Crippen LogP contribution in [0.15, 0.2) is 24.3 Å². The Labute approximate surface area is 173 Å². The number of rotatable bonds is 7. The fourth-order valence-corrected chi connectivity index (χ4v) is 2.65. The number of hydrogen-bond acceptors (Lipinski definition) is 5. The molecule has 0 saturated carbocycles. The van der Waals surface area contributed by atoms with E-state index in [0.717, 1.165) is 13.1 Å². The first-order valence-electron chi connectivity index (χ1n) is 8.70. The minimum atomic E-state index is -0.520. The lowest BCUT2D eigenvalue weighted by atomic mass is 10.0. The number of nitrogens with zero attached hydrogens (tertiary/aromatic N) is 1. The summed E-state index contributed by atoms with van der Waals surface area (Å²) >= 11 is 0. The second kappa shape index (κ2) is 12.9. The zero-order valence-corrected chi connectivity index (χ0v) is 17.4. The molecule has 7 nitrogen and oxygen atoms in total. The normalized spacial score (nSPS) is 15.3. The smallest absolute Gasteiger partial charge is 0.241 e. The number of amides is 2. The maximum Gasteiger partial charge on any atom is 0.241 e. The van der Waals surface area contributed by atoms with Gasteiger partial charge in [0.15, 0.2) is 0 Å². The molecular weight excluding hydrogens is 391 g/mol. The van der Waals surface area contributed by atoms with E-state index in [2.05, 4.69) is 15.5 Å². The van der Waals surface area contributed by atoms with Crippen molar-refractivity contribution in [3.8, 4) is 0 Å². The molecule has 1 saturated heterocycles. The molecule has 2 amide bonds. The summed E-state index contributed by atoms with van der Waals surface area (Å²) in [6, 6.07) is 6.52. The van der Waals surface area contributed by atoms with Gasteiger partial charge in [-0.3, -0.25) is 14.5 Å². The molecule has 1 aliphatic rings. The van der Waals surface area contributed by atoms with Crippen molar-refractivity contribution in [3.63, 3.8) is 0 Å². The van der Waals surface area contributed by atoms with Crippen LogP contribution in [0.5, 0.6) is 0 Å². The van der Waals surface area contributed by atoms with Gasteiger partial charge in [-0.05, 0) is 36.6 Å². The van der Waals surface area contributed by atoms with E-state index >= 15 is 0 Å². The second-order valence-corrected chi connectivity index (χ2v) is 6.74. The summed E-state index contributed by atoms with van der Waals surface area (Å²) in [6.07, 6.45) is 0.640. The van der Waals surface area contributed by atoms with E-state index in [0.29, 0.717) is 43.5 Å². The first kappa shape index (κ1) is 25.6. The van der Waals surface area contributed by atoms with Crippen LogP contribution in [0, 0.1) is 5.92 Å². The van der Waals surface area contributed by atoms with Crippen LogP contribution in [0.25, 0.3) is 0 Å². The lowest BCUT2D eigenvalue weighted by molar-refractivity contribution is -0.118. The summed E-state index contributed by atoms with van der Waals surface area (Å²) < 4.78 is 5.27. The third-order valence-electron chi connectivity index (χ3n) is 3.97. The van der Waals surface area contributed by atoms with E-state index in [4.69, 9.17) is 10.5 Å². The molecule has 1 fully saturated rings. The Morgan fingerprint density at radius 2 is 1.59 bits per heavy atom. The van der Waals surface area contributed by atoms with Crippen LogP contribution in [0.2, 0.25) is 0 Å². The Morgan fingerprint density at radius 3 is 2.11 bits per heavy atom. The molecule has 1 atom stereocenters. The third kappa shape index (κ3) is 9.39. The van der Waals surface area contributed by atoms with Crippen molar-refractivity contribution in [3.05, 3.63) is 24.3 Å². The Bertz CT molecular complexity index is 578. The van der Waals surface area contributed by atoms with Gasteiger partial charge in [0.05, 0.1) is 25.8 Å². The van der Waals surface area contributed by atoms with Gasteiger partial charge in [-0.15, -0.1) is 24.8 Å². The maximum absolute atomic E-state index is 12.1. The highest BCUT2D eigenvalue weighted by Crippen LogP contribution is 2.14. The monoisotopic (exact) mass is 420 g/mol. The van der Waals surface area contributed by atoms with Crippen molar-refractivity contribution in [2.45, 2.75) is 26.3 Å². The van der Waals surface area contributed by atoms with Crippen LogP contribution in [0.1, 0.15) is 20.3 Å². The van der Waals surface area contributed by atoms with Crippen molar-refractivity contribution >= 4 is 48.0 Å². The van der Waals surface area contributed by atoms with Gasteiger partial charge in [0, 0.05) is 24.5 Å². The number of anilines is 2. The van der Waals surface area contributed by atoms with Gasteiger partial charge in [0.25, 0.3) is 0 Å². The van der Waals surface area contributed by atoms with Gasteiger partial charge in [-0.1, -0.05) is 13.8 Å². The summed E-state index contributed by atoms with van der Waals surface area (Å²) in [5, 5.41) is 5.65. The van der Waals surface area contributed by atoms with Crippen molar-refractivity contribution in [2.75, 3.05) is 43.5 Å². The van der Waals surface area contributed by atoms with Gasteiger partial charge in [0.2, 0.25) is 11.8 Å². The Balaban J connectivity index is 0.00000338. The predicted octanol–water partition coefficient (Wildman–Crippen LogP) is 2.11. The Hall–Kier alpha value is -1.38. The predicted molar refractivity (Wildman–Crippen MR) is 113 cm³/mol. The molecule has 0 aromatic heterocycles. The van der Waals surface area contributed by atoms with Crippen molar-refractivity contribution in [2.24, 2.45) is 11.7 Å². The highest BCUT2D eigenvalue weighted by atomic mass is 35.5. The number of ether oxygens (including phenoxy) is 1.